The molecule has 70 valence electrons. The first-order valence-electron chi connectivity index (χ1n) is 5.24. The molecule has 0 aromatic rings. The molecule has 0 amide bonds. The van der Waals surface area contributed by atoms with Gasteiger partial charge in [-0.3, -0.25) is 0 Å². The normalized spacial score (nSPS) is 35.2. The molecule has 1 unspecified atom stereocenters. The molecule has 1 atom stereocenters. The molecule has 1 N–H and O–H groups in total. The second-order valence-corrected chi connectivity index (χ2v) is 6.04. The van der Waals surface area contributed by atoms with Crippen LogP contribution in [0.4, 0.5) is 0 Å². The van der Waals surface area contributed by atoms with Gasteiger partial charge in [0.25, 0.3) is 0 Å². The molecule has 0 bridgehead atoms. The Bertz CT molecular complexity index is 150. The zero-order valence-electron chi connectivity index (χ0n) is 7.94. The molecule has 0 aromatic carbocycles. The third-order valence-corrected chi connectivity index (χ3v) is 4.62. The fraction of sp³-hybridized carbons (Fsp3) is 1.00. The molecule has 2 fully saturated rings. The molecular formula is C10H19NS. The maximum absolute atomic E-state index is 3.72. The second kappa shape index (κ2) is 3.59. The lowest BCUT2D eigenvalue weighted by atomic mass is 10.1. The topological polar surface area (TPSA) is 12.0 Å². The van der Waals surface area contributed by atoms with Crippen LogP contribution in [-0.2, 0) is 0 Å². The van der Waals surface area contributed by atoms with E-state index in [1.807, 2.05) is 0 Å². The fourth-order valence-electron chi connectivity index (χ4n) is 2.39. The van der Waals surface area contributed by atoms with E-state index < -0.39 is 0 Å². The molecular weight excluding hydrogens is 166 g/mol. The van der Waals surface area contributed by atoms with E-state index in [2.05, 4.69) is 24.0 Å². The lowest BCUT2D eigenvalue weighted by Crippen LogP contribution is -2.36. The molecule has 1 saturated heterocycles. The van der Waals surface area contributed by atoms with Crippen molar-refractivity contribution in [1.29, 1.82) is 0 Å². The van der Waals surface area contributed by atoms with Gasteiger partial charge in [0.2, 0.25) is 0 Å². The lowest BCUT2D eigenvalue weighted by Gasteiger charge is -2.27. The minimum atomic E-state index is 0.496. The van der Waals surface area contributed by atoms with E-state index in [-0.39, 0.29) is 0 Å². The minimum Gasteiger partial charge on any atom is -0.302 e. The predicted octanol–water partition coefficient (Wildman–Crippen LogP) is 2.76. The maximum atomic E-state index is 3.72. The Morgan fingerprint density at radius 1 is 1.17 bits per heavy atom. The molecule has 1 spiro atoms. The van der Waals surface area contributed by atoms with Crippen LogP contribution in [0.5, 0.6) is 0 Å². The largest absolute Gasteiger partial charge is 0.302 e. The molecule has 0 aromatic heterocycles. The number of thioether (sulfide) groups is 1. The van der Waals surface area contributed by atoms with Gasteiger partial charge in [-0.15, -0.1) is 11.8 Å². The van der Waals surface area contributed by atoms with E-state index in [0.717, 1.165) is 5.25 Å². The van der Waals surface area contributed by atoms with Gasteiger partial charge < -0.3 is 5.32 Å². The van der Waals surface area contributed by atoms with E-state index >= 15 is 0 Å². The van der Waals surface area contributed by atoms with Crippen LogP contribution in [0.2, 0.25) is 0 Å². The fourth-order valence-corrected chi connectivity index (χ4v) is 4.02. The van der Waals surface area contributed by atoms with Crippen LogP contribution in [0.1, 0.15) is 45.4 Å². The zero-order chi connectivity index (χ0) is 8.44. The molecule has 2 aliphatic rings. The average molecular weight is 185 g/mol. The van der Waals surface area contributed by atoms with Crippen molar-refractivity contribution in [3.8, 4) is 0 Å². The highest BCUT2D eigenvalue weighted by Crippen LogP contribution is 2.42. The van der Waals surface area contributed by atoms with Crippen molar-refractivity contribution in [2.45, 2.75) is 55.6 Å². The Kier molecular flexibility index (Phi) is 2.66. The highest BCUT2D eigenvalue weighted by molar-refractivity contribution is 8.01. The minimum absolute atomic E-state index is 0.496. The van der Waals surface area contributed by atoms with Crippen LogP contribution in [0, 0.1) is 0 Å². The Hall–Kier alpha value is 0.310. The molecule has 0 radical (unpaired) electrons. The third-order valence-electron chi connectivity index (χ3n) is 3.05. The molecule has 1 aliphatic carbocycles. The summed E-state index contributed by atoms with van der Waals surface area (Å²) in [7, 11) is 0. The number of hydrogen-bond donors (Lipinski definition) is 1. The summed E-state index contributed by atoms with van der Waals surface area (Å²) in [6.45, 7) is 3.57. The van der Waals surface area contributed by atoms with Gasteiger partial charge in [0.15, 0.2) is 0 Å². The van der Waals surface area contributed by atoms with Crippen LogP contribution in [0.15, 0.2) is 0 Å². The van der Waals surface area contributed by atoms with E-state index in [1.54, 1.807) is 0 Å². The van der Waals surface area contributed by atoms with Gasteiger partial charge >= 0.3 is 0 Å². The molecule has 2 heteroatoms. The van der Waals surface area contributed by atoms with Crippen molar-refractivity contribution < 1.29 is 0 Å². The maximum Gasteiger partial charge on any atom is 0.0648 e. The zero-order valence-corrected chi connectivity index (χ0v) is 8.75. The quantitative estimate of drug-likeness (QED) is 0.623. The molecule has 12 heavy (non-hydrogen) atoms. The van der Waals surface area contributed by atoms with E-state index in [9.17, 15) is 0 Å². The Morgan fingerprint density at radius 2 is 1.83 bits per heavy atom. The van der Waals surface area contributed by atoms with Gasteiger partial charge in [-0.2, -0.15) is 0 Å². The molecule has 1 saturated carbocycles. The molecule has 1 heterocycles. The predicted molar refractivity (Wildman–Crippen MR) is 55.5 cm³/mol. The van der Waals surface area contributed by atoms with E-state index in [4.69, 9.17) is 0 Å². The monoisotopic (exact) mass is 185 g/mol. The summed E-state index contributed by atoms with van der Waals surface area (Å²) in [6.07, 6.45) is 8.60. The Balaban J connectivity index is 1.98. The number of rotatable bonds is 0. The number of nitrogens with one attached hydrogen (secondary N) is 1. The summed E-state index contributed by atoms with van der Waals surface area (Å²) in [5, 5.41) is 4.56. The SMILES string of the molecule is CC1CNC2(CCCCCC2)S1. The Labute approximate surface area is 79.7 Å². The van der Waals surface area contributed by atoms with Crippen molar-refractivity contribution in [1.82, 2.24) is 5.32 Å². The molecule has 2 rings (SSSR count). The third kappa shape index (κ3) is 1.80. The van der Waals surface area contributed by atoms with E-state index in [0.29, 0.717) is 4.87 Å². The first-order valence-corrected chi connectivity index (χ1v) is 6.12. The van der Waals surface area contributed by atoms with Crippen molar-refractivity contribution in [2.24, 2.45) is 0 Å². The molecule has 1 nitrogen and oxygen atoms in total. The van der Waals surface area contributed by atoms with Gasteiger partial charge in [0.1, 0.15) is 0 Å². The summed E-state index contributed by atoms with van der Waals surface area (Å²) < 4.78 is 0. The van der Waals surface area contributed by atoms with Crippen molar-refractivity contribution in [2.75, 3.05) is 6.54 Å². The number of hydrogen-bond acceptors (Lipinski definition) is 2. The highest BCUT2D eigenvalue weighted by atomic mass is 32.2. The van der Waals surface area contributed by atoms with Gasteiger partial charge in [-0.05, 0) is 12.8 Å². The standard InChI is InChI=1S/C10H19NS/c1-9-8-11-10(12-9)6-4-2-3-5-7-10/h9,11H,2-8H2,1H3. The van der Waals surface area contributed by atoms with Crippen molar-refractivity contribution in [3.63, 3.8) is 0 Å². The summed E-state index contributed by atoms with van der Waals surface area (Å²) in [5.74, 6) is 0. The summed E-state index contributed by atoms with van der Waals surface area (Å²) in [4.78, 5) is 0.496. The van der Waals surface area contributed by atoms with E-state index in [1.165, 1.54) is 45.1 Å². The first kappa shape index (κ1) is 8.89. The highest BCUT2D eigenvalue weighted by Gasteiger charge is 2.37. The van der Waals surface area contributed by atoms with Crippen molar-refractivity contribution in [3.05, 3.63) is 0 Å². The van der Waals surface area contributed by atoms with Crippen LogP contribution < -0.4 is 5.32 Å². The van der Waals surface area contributed by atoms with Crippen LogP contribution in [0.3, 0.4) is 0 Å². The molecule has 1 aliphatic heterocycles. The van der Waals surface area contributed by atoms with Gasteiger partial charge in [0, 0.05) is 11.8 Å². The Morgan fingerprint density at radius 3 is 2.33 bits per heavy atom. The smallest absolute Gasteiger partial charge is 0.0648 e. The second-order valence-electron chi connectivity index (χ2n) is 4.22. The van der Waals surface area contributed by atoms with Crippen molar-refractivity contribution >= 4 is 11.8 Å². The first-order chi connectivity index (χ1) is 5.81. The summed E-state index contributed by atoms with van der Waals surface area (Å²) in [5.41, 5.74) is 0. The van der Waals surface area contributed by atoms with Gasteiger partial charge in [-0.25, -0.2) is 0 Å². The van der Waals surface area contributed by atoms with Crippen LogP contribution in [-0.4, -0.2) is 16.7 Å². The van der Waals surface area contributed by atoms with Gasteiger partial charge in [0.05, 0.1) is 4.87 Å². The van der Waals surface area contributed by atoms with Crippen LogP contribution >= 0.6 is 11.8 Å². The van der Waals surface area contributed by atoms with Gasteiger partial charge in [-0.1, -0.05) is 32.6 Å². The lowest BCUT2D eigenvalue weighted by molar-refractivity contribution is 0.442. The average Bonchev–Trinajstić information content (AvgIpc) is 2.30. The summed E-state index contributed by atoms with van der Waals surface area (Å²) in [6, 6.07) is 0. The summed E-state index contributed by atoms with van der Waals surface area (Å²) >= 11 is 2.19. The van der Waals surface area contributed by atoms with Crippen LogP contribution in [0.25, 0.3) is 0 Å².